The van der Waals surface area contributed by atoms with Crippen LogP contribution in [0, 0.1) is 13.8 Å². The molecule has 1 amide bonds. The Bertz CT molecular complexity index is 1140. The highest BCUT2D eigenvalue weighted by Gasteiger charge is 2.18. The van der Waals surface area contributed by atoms with Gasteiger partial charge >= 0.3 is 6.01 Å². The highest BCUT2D eigenvalue weighted by Crippen LogP contribution is 2.33. The van der Waals surface area contributed by atoms with Crippen molar-refractivity contribution in [3.8, 4) is 17.4 Å². The number of rotatable bonds is 4. The van der Waals surface area contributed by atoms with E-state index in [-0.39, 0.29) is 17.8 Å². The summed E-state index contributed by atoms with van der Waals surface area (Å²) in [6, 6.07) is 13.0. The fourth-order valence-electron chi connectivity index (χ4n) is 2.82. The second-order valence-electron chi connectivity index (χ2n) is 6.17. The lowest BCUT2D eigenvalue weighted by Gasteiger charge is -2.05. The van der Waals surface area contributed by atoms with Crippen LogP contribution in [0.1, 0.15) is 21.5 Å². The van der Waals surface area contributed by atoms with Gasteiger partial charge in [0.05, 0.1) is 7.11 Å². The van der Waals surface area contributed by atoms with E-state index >= 15 is 0 Å². The molecule has 0 bridgehead atoms. The van der Waals surface area contributed by atoms with Gasteiger partial charge in [0.15, 0.2) is 17.1 Å². The normalized spacial score (nSPS) is 10.9. The second kappa shape index (κ2) is 6.60. The first-order chi connectivity index (χ1) is 13.0. The van der Waals surface area contributed by atoms with Crippen molar-refractivity contribution in [3.05, 3.63) is 59.2 Å². The summed E-state index contributed by atoms with van der Waals surface area (Å²) >= 11 is 0. The molecule has 2 heterocycles. The number of anilines is 1. The van der Waals surface area contributed by atoms with Crippen molar-refractivity contribution in [1.82, 2.24) is 10.2 Å². The number of nitrogens with zero attached hydrogens (tertiary/aromatic N) is 2. The van der Waals surface area contributed by atoms with Gasteiger partial charge in [-0.05, 0) is 37.6 Å². The Hall–Kier alpha value is -3.61. The van der Waals surface area contributed by atoms with E-state index in [4.69, 9.17) is 13.6 Å². The number of aromatic nitrogens is 2. The number of methoxy groups -OCH3 is 1. The highest BCUT2D eigenvalue weighted by atomic mass is 16.5. The summed E-state index contributed by atoms with van der Waals surface area (Å²) in [4.78, 5) is 12.5. The van der Waals surface area contributed by atoms with Crippen LogP contribution in [-0.2, 0) is 0 Å². The zero-order valence-corrected chi connectivity index (χ0v) is 15.1. The molecule has 27 heavy (non-hydrogen) atoms. The van der Waals surface area contributed by atoms with E-state index in [1.807, 2.05) is 44.2 Å². The number of para-hydroxylation sites is 1. The van der Waals surface area contributed by atoms with E-state index in [2.05, 4.69) is 15.5 Å². The van der Waals surface area contributed by atoms with Gasteiger partial charge in [0.2, 0.25) is 0 Å². The van der Waals surface area contributed by atoms with Crippen molar-refractivity contribution in [1.29, 1.82) is 0 Å². The van der Waals surface area contributed by atoms with Gasteiger partial charge in [-0.15, -0.1) is 5.10 Å². The number of nitrogens with one attached hydrogen (secondary N) is 1. The molecule has 0 aliphatic heterocycles. The molecule has 0 atom stereocenters. The van der Waals surface area contributed by atoms with Gasteiger partial charge in [0, 0.05) is 10.9 Å². The van der Waals surface area contributed by atoms with E-state index in [1.165, 1.54) is 0 Å². The number of ether oxygens (including phenoxy) is 1. The maximum absolute atomic E-state index is 12.5. The Balaban J connectivity index is 1.60. The zero-order valence-electron chi connectivity index (χ0n) is 15.1. The van der Waals surface area contributed by atoms with Crippen LogP contribution < -0.4 is 10.1 Å². The summed E-state index contributed by atoms with van der Waals surface area (Å²) in [6.07, 6.45) is 0. The summed E-state index contributed by atoms with van der Waals surface area (Å²) in [7, 11) is 1.57. The standard InChI is InChI=1S/C20H17N3O4/c1-11-7-8-12(2)14(9-11)18(24)21-20-23-22-19(27-20)16-10-13-5-4-6-15(25-3)17(13)26-16/h4-10H,1-3H3,(H,21,23,24). The van der Waals surface area contributed by atoms with Crippen molar-refractivity contribution >= 4 is 22.9 Å². The predicted molar refractivity (Wildman–Crippen MR) is 99.9 cm³/mol. The predicted octanol–water partition coefficient (Wildman–Crippen LogP) is 4.36. The van der Waals surface area contributed by atoms with Crippen LogP contribution in [0.25, 0.3) is 22.6 Å². The number of carbonyl (C=O) groups is 1. The summed E-state index contributed by atoms with van der Waals surface area (Å²) < 4.78 is 16.6. The maximum atomic E-state index is 12.5. The SMILES string of the molecule is COc1cccc2cc(-c3nnc(NC(=O)c4cc(C)ccc4C)o3)oc12. The van der Waals surface area contributed by atoms with Crippen LogP contribution in [-0.4, -0.2) is 23.2 Å². The first-order valence-corrected chi connectivity index (χ1v) is 8.34. The number of carbonyl (C=O) groups excluding carboxylic acids is 1. The molecule has 2 aromatic heterocycles. The average Bonchev–Trinajstić information content (AvgIpc) is 3.29. The van der Waals surface area contributed by atoms with Crippen LogP contribution >= 0.6 is 0 Å². The number of aryl methyl sites for hydroxylation is 2. The molecule has 0 aliphatic rings. The molecule has 0 radical (unpaired) electrons. The summed E-state index contributed by atoms with van der Waals surface area (Å²) in [6.45, 7) is 3.80. The van der Waals surface area contributed by atoms with Crippen molar-refractivity contribution in [2.45, 2.75) is 13.8 Å². The molecule has 4 aromatic rings. The number of furan rings is 1. The summed E-state index contributed by atoms with van der Waals surface area (Å²) in [5, 5.41) is 11.3. The Morgan fingerprint density at radius 3 is 2.74 bits per heavy atom. The molecule has 136 valence electrons. The van der Waals surface area contributed by atoms with Crippen LogP contribution in [0.5, 0.6) is 5.75 Å². The average molecular weight is 363 g/mol. The number of hydrogen-bond acceptors (Lipinski definition) is 6. The van der Waals surface area contributed by atoms with Gasteiger partial charge in [-0.1, -0.05) is 34.9 Å². The van der Waals surface area contributed by atoms with E-state index < -0.39 is 0 Å². The molecular formula is C20H17N3O4. The van der Waals surface area contributed by atoms with Gasteiger partial charge in [-0.3, -0.25) is 10.1 Å². The van der Waals surface area contributed by atoms with Crippen molar-refractivity contribution in [3.63, 3.8) is 0 Å². The molecule has 0 fully saturated rings. The summed E-state index contributed by atoms with van der Waals surface area (Å²) in [5.74, 6) is 0.873. The minimum atomic E-state index is -0.308. The van der Waals surface area contributed by atoms with Crippen LogP contribution in [0.4, 0.5) is 6.01 Å². The minimum absolute atomic E-state index is 0.00308. The van der Waals surface area contributed by atoms with E-state index in [0.717, 1.165) is 16.5 Å². The molecule has 0 aliphatic carbocycles. The third-order valence-corrected chi connectivity index (χ3v) is 4.22. The fourth-order valence-corrected chi connectivity index (χ4v) is 2.82. The van der Waals surface area contributed by atoms with Crippen LogP contribution in [0.2, 0.25) is 0 Å². The zero-order chi connectivity index (χ0) is 19.0. The van der Waals surface area contributed by atoms with Gasteiger partial charge in [-0.25, -0.2) is 0 Å². The van der Waals surface area contributed by atoms with Gasteiger partial charge in [-0.2, -0.15) is 0 Å². The smallest absolute Gasteiger partial charge is 0.322 e. The summed E-state index contributed by atoms with van der Waals surface area (Å²) in [5.41, 5.74) is 3.01. The topological polar surface area (TPSA) is 90.4 Å². The highest BCUT2D eigenvalue weighted by molar-refractivity contribution is 6.04. The lowest BCUT2D eigenvalue weighted by Crippen LogP contribution is -2.13. The quantitative estimate of drug-likeness (QED) is 0.579. The molecule has 0 saturated heterocycles. The minimum Gasteiger partial charge on any atom is -0.493 e. The number of amides is 1. The number of fused-ring (bicyclic) bond motifs is 1. The third kappa shape index (κ3) is 3.15. The monoisotopic (exact) mass is 363 g/mol. The largest absolute Gasteiger partial charge is 0.493 e. The molecule has 0 unspecified atom stereocenters. The van der Waals surface area contributed by atoms with E-state index in [0.29, 0.717) is 22.7 Å². The number of benzene rings is 2. The Morgan fingerprint density at radius 2 is 1.93 bits per heavy atom. The van der Waals surface area contributed by atoms with Crippen molar-refractivity contribution in [2.24, 2.45) is 0 Å². The Kier molecular flexibility index (Phi) is 4.12. The van der Waals surface area contributed by atoms with E-state index in [1.54, 1.807) is 19.2 Å². The Morgan fingerprint density at radius 1 is 1.07 bits per heavy atom. The second-order valence-corrected chi connectivity index (χ2v) is 6.17. The molecule has 2 aromatic carbocycles. The molecular weight excluding hydrogens is 346 g/mol. The van der Waals surface area contributed by atoms with Gasteiger partial charge < -0.3 is 13.6 Å². The molecule has 7 nitrogen and oxygen atoms in total. The lowest BCUT2D eigenvalue weighted by molar-refractivity contribution is 0.102. The molecule has 7 heteroatoms. The maximum Gasteiger partial charge on any atom is 0.322 e. The molecule has 4 rings (SSSR count). The van der Waals surface area contributed by atoms with E-state index in [9.17, 15) is 4.79 Å². The number of hydrogen-bond donors (Lipinski definition) is 1. The lowest BCUT2D eigenvalue weighted by atomic mass is 10.1. The Labute approximate surface area is 155 Å². The van der Waals surface area contributed by atoms with Crippen molar-refractivity contribution < 1.29 is 18.4 Å². The molecule has 0 spiro atoms. The van der Waals surface area contributed by atoms with Gasteiger partial charge in [0.1, 0.15) is 0 Å². The van der Waals surface area contributed by atoms with Crippen molar-refractivity contribution in [2.75, 3.05) is 12.4 Å². The fraction of sp³-hybridized carbons (Fsp3) is 0.150. The molecule has 1 N–H and O–H groups in total. The molecule has 0 saturated carbocycles. The first-order valence-electron chi connectivity index (χ1n) is 8.34. The van der Waals surface area contributed by atoms with Crippen LogP contribution in [0.3, 0.4) is 0 Å². The first kappa shape index (κ1) is 16.8. The van der Waals surface area contributed by atoms with Gasteiger partial charge in [0.25, 0.3) is 11.8 Å². The van der Waals surface area contributed by atoms with Crippen LogP contribution in [0.15, 0.2) is 51.3 Å². The third-order valence-electron chi connectivity index (χ3n) is 4.22.